The van der Waals surface area contributed by atoms with Crippen LogP contribution in [0.1, 0.15) is 40.5 Å². The van der Waals surface area contributed by atoms with E-state index in [-0.39, 0.29) is 35.3 Å². The zero-order valence-electron chi connectivity index (χ0n) is 16.9. The van der Waals surface area contributed by atoms with E-state index >= 15 is 0 Å². The first-order valence-electron chi connectivity index (χ1n) is 9.04. The van der Waals surface area contributed by atoms with Crippen LogP contribution in [0.2, 0.25) is 0 Å². The first-order valence-corrected chi connectivity index (χ1v) is 9.04. The van der Waals surface area contributed by atoms with Crippen molar-refractivity contribution in [2.75, 3.05) is 7.11 Å². The molecule has 2 heterocycles. The van der Waals surface area contributed by atoms with Gasteiger partial charge in [-0.2, -0.15) is 0 Å². The van der Waals surface area contributed by atoms with Gasteiger partial charge in [0.2, 0.25) is 0 Å². The third kappa shape index (κ3) is 4.47. The summed E-state index contributed by atoms with van der Waals surface area (Å²) < 4.78 is 10.5. The van der Waals surface area contributed by atoms with Crippen LogP contribution in [0.4, 0.5) is 0 Å². The highest BCUT2D eigenvalue weighted by molar-refractivity contribution is 5.83. The van der Waals surface area contributed by atoms with Crippen LogP contribution in [0.5, 0.6) is 11.5 Å². The van der Waals surface area contributed by atoms with Gasteiger partial charge >= 0.3 is 11.9 Å². The van der Waals surface area contributed by atoms with Crippen molar-refractivity contribution in [3.8, 4) is 22.9 Å². The molecule has 1 atom stereocenters. The summed E-state index contributed by atoms with van der Waals surface area (Å²) in [6, 6.07) is 6.30. The van der Waals surface area contributed by atoms with Gasteiger partial charge in [0.25, 0.3) is 0 Å². The van der Waals surface area contributed by atoms with Crippen molar-refractivity contribution in [3.63, 3.8) is 0 Å². The Kier molecular flexibility index (Phi) is 6.38. The Morgan fingerprint density at radius 3 is 2.21 bits per heavy atom. The molecule has 1 unspecified atom stereocenters. The highest BCUT2D eigenvalue weighted by atomic mass is 16.5. The molecule has 0 amide bonds. The van der Waals surface area contributed by atoms with Gasteiger partial charge in [-0.3, -0.25) is 19.6 Å². The molecule has 0 aliphatic rings. The first kappa shape index (κ1) is 21.3. The molecule has 0 bridgehead atoms. The lowest BCUT2D eigenvalue weighted by molar-refractivity contribution is -0.156. The van der Waals surface area contributed by atoms with E-state index in [9.17, 15) is 14.7 Å². The van der Waals surface area contributed by atoms with Crippen LogP contribution < -0.4 is 4.74 Å². The Morgan fingerprint density at radius 1 is 1.04 bits per heavy atom. The number of hydrogen-bond acceptors (Lipinski definition) is 7. The number of ether oxygens (including phenoxy) is 2. The number of carbonyl (C=O) groups is 2. The summed E-state index contributed by atoms with van der Waals surface area (Å²) in [6.07, 6.45) is 3.77. The van der Waals surface area contributed by atoms with E-state index in [2.05, 4.69) is 9.97 Å². The number of aromatic hydroxyl groups is 1. The van der Waals surface area contributed by atoms with Gasteiger partial charge in [0.1, 0.15) is 17.1 Å². The molecule has 0 spiro atoms. The second kappa shape index (κ2) is 8.37. The zero-order chi connectivity index (χ0) is 20.9. The maximum atomic E-state index is 13.0. The molecule has 0 aromatic carbocycles. The van der Waals surface area contributed by atoms with Gasteiger partial charge in [0.15, 0.2) is 5.75 Å². The van der Waals surface area contributed by atoms with E-state index in [4.69, 9.17) is 9.47 Å². The van der Waals surface area contributed by atoms with Crippen molar-refractivity contribution in [1.29, 1.82) is 0 Å². The molecule has 2 aromatic heterocycles. The predicted octanol–water partition coefficient (Wildman–Crippen LogP) is 3.76. The average molecular weight is 386 g/mol. The summed E-state index contributed by atoms with van der Waals surface area (Å²) in [4.78, 5) is 33.4. The number of methoxy groups -OCH3 is 1. The fourth-order valence-electron chi connectivity index (χ4n) is 3.12. The summed E-state index contributed by atoms with van der Waals surface area (Å²) in [7, 11) is 1.33. The van der Waals surface area contributed by atoms with Gasteiger partial charge in [-0.05, 0) is 57.9 Å². The molecule has 0 saturated heterocycles. The predicted molar refractivity (Wildman–Crippen MR) is 104 cm³/mol. The number of aromatic nitrogens is 2. The van der Waals surface area contributed by atoms with E-state index in [0.29, 0.717) is 6.42 Å². The molecule has 0 aliphatic heterocycles. The lowest BCUT2D eigenvalue weighted by Gasteiger charge is -2.33. The van der Waals surface area contributed by atoms with E-state index in [0.717, 1.165) is 0 Å². The summed E-state index contributed by atoms with van der Waals surface area (Å²) in [5, 5.41) is 10.1. The number of esters is 2. The molecule has 0 fully saturated rings. The van der Waals surface area contributed by atoms with E-state index < -0.39 is 16.8 Å². The Hall–Kier alpha value is -2.96. The third-order valence-electron chi connectivity index (χ3n) is 4.83. The fourth-order valence-corrected chi connectivity index (χ4v) is 3.12. The number of pyridine rings is 2. The highest BCUT2D eigenvalue weighted by Crippen LogP contribution is 2.40. The van der Waals surface area contributed by atoms with Gasteiger partial charge in [-0.15, -0.1) is 0 Å². The normalized spacial score (nSPS) is 13.5. The van der Waals surface area contributed by atoms with Crippen LogP contribution in [-0.4, -0.2) is 34.1 Å². The van der Waals surface area contributed by atoms with Crippen LogP contribution >= 0.6 is 0 Å². The van der Waals surface area contributed by atoms with Crippen LogP contribution in [0.25, 0.3) is 11.4 Å². The Morgan fingerprint density at radius 2 is 1.64 bits per heavy atom. The Labute approximate surface area is 164 Å². The van der Waals surface area contributed by atoms with Crippen LogP contribution in [0, 0.1) is 10.8 Å². The second-order valence-electron chi connectivity index (χ2n) is 7.58. The molecule has 150 valence electrons. The maximum Gasteiger partial charge on any atom is 0.317 e. The van der Waals surface area contributed by atoms with Crippen LogP contribution in [0.3, 0.4) is 0 Å². The van der Waals surface area contributed by atoms with E-state index in [1.807, 2.05) is 6.92 Å². The molecule has 1 N–H and O–H groups in total. The highest BCUT2D eigenvalue weighted by Gasteiger charge is 2.43. The molecular weight excluding hydrogens is 360 g/mol. The standard InChI is InChI=1S/C21H26N2O5/c1-6-21(4,13-20(2,3)18(25)27-5)19(26)28-15-10-8-12-23-17(15)16-14(24)9-7-11-22-16/h7-12,24H,6,13H2,1-5H3. The van der Waals surface area contributed by atoms with Crippen molar-refractivity contribution < 1.29 is 24.2 Å². The monoisotopic (exact) mass is 386 g/mol. The van der Waals surface area contributed by atoms with Crippen molar-refractivity contribution in [2.24, 2.45) is 10.8 Å². The van der Waals surface area contributed by atoms with Crippen molar-refractivity contribution in [3.05, 3.63) is 36.7 Å². The lowest BCUT2D eigenvalue weighted by atomic mass is 9.72. The van der Waals surface area contributed by atoms with Crippen molar-refractivity contribution in [2.45, 2.75) is 40.5 Å². The Bertz CT molecular complexity index is 865. The van der Waals surface area contributed by atoms with E-state index in [1.54, 1.807) is 39.0 Å². The maximum absolute atomic E-state index is 13.0. The number of nitrogens with zero attached hydrogens (tertiary/aromatic N) is 2. The summed E-state index contributed by atoms with van der Waals surface area (Å²) >= 11 is 0. The average Bonchev–Trinajstić information content (AvgIpc) is 2.67. The minimum absolute atomic E-state index is 0.0661. The molecule has 2 rings (SSSR count). The van der Waals surface area contributed by atoms with Gasteiger partial charge in [0.05, 0.1) is 17.9 Å². The number of rotatable bonds is 7. The quantitative estimate of drug-likeness (QED) is 0.723. The van der Waals surface area contributed by atoms with E-state index in [1.165, 1.54) is 25.6 Å². The summed E-state index contributed by atoms with van der Waals surface area (Å²) in [5.74, 6) is -0.752. The lowest BCUT2D eigenvalue weighted by Crippen LogP contribution is -2.39. The van der Waals surface area contributed by atoms with Crippen LogP contribution in [-0.2, 0) is 14.3 Å². The molecule has 0 radical (unpaired) electrons. The number of hydrogen-bond donors (Lipinski definition) is 1. The fraction of sp³-hybridized carbons (Fsp3) is 0.429. The SMILES string of the molecule is CCC(C)(CC(C)(C)C(=O)OC)C(=O)Oc1cccnc1-c1ncccc1O. The van der Waals surface area contributed by atoms with Gasteiger partial charge < -0.3 is 14.6 Å². The van der Waals surface area contributed by atoms with Crippen molar-refractivity contribution >= 4 is 11.9 Å². The van der Waals surface area contributed by atoms with Crippen LogP contribution in [0.15, 0.2) is 36.7 Å². The summed E-state index contributed by atoms with van der Waals surface area (Å²) in [5.41, 5.74) is -1.29. The zero-order valence-corrected chi connectivity index (χ0v) is 16.9. The molecular formula is C21H26N2O5. The van der Waals surface area contributed by atoms with Gasteiger partial charge in [0, 0.05) is 12.4 Å². The first-order chi connectivity index (χ1) is 13.1. The largest absolute Gasteiger partial charge is 0.506 e. The smallest absolute Gasteiger partial charge is 0.317 e. The summed E-state index contributed by atoms with van der Waals surface area (Å²) in [6.45, 7) is 7.10. The third-order valence-corrected chi connectivity index (χ3v) is 4.83. The Balaban J connectivity index is 2.34. The molecule has 2 aromatic rings. The van der Waals surface area contributed by atoms with Gasteiger partial charge in [-0.1, -0.05) is 6.92 Å². The molecule has 7 heteroatoms. The molecule has 0 aliphatic carbocycles. The van der Waals surface area contributed by atoms with Crippen molar-refractivity contribution in [1.82, 2.24) is 9.97 Å². The van der Waals surface area contributed by atoms with Gasteiger partial charge in [-0.25, -0.2) is 0 Å². The topological polar surface area (TPSA) is 98.6 Å². The number of carbonyl (C=O) groups excluding carboxylic acids is 2. The molecule has 28 heavy (non-hydrogen) atoms. The second-order valence-corrected chi connectivity index (χ2v) is 7.58. The minimum atomic E-state index is -0.920. The minimum Gasteiger partial charge on any atom is -0.506 e. The molecule has 7 nitrogen and oxygen atoms in total. The molecule has 0 saturated carbocycles.